The van der Waals surface area contributed by atoms with E-state index >= 15 is 0 Å². The Hall–Kier alpha value is -1.54. The molecule has 0 spiro atoms. The molecule has 0 amide bonds. The molecule has 2 aliphatic heterocycles. The van der Waals surface area contributed by atoms with E-state index < -0.39 is 12.3 Å². The van der Waals surface area contributed by atoms with Gasteiger partial charge in [0, 0.05) is 13.2 Å². The Bertz CT molecular complexity index is 747. The minimum absolute atomic E-state index is 0.0929. The molecule has 0 bridgehead atoms. The lowest BCUT2D eigenvalue weighted by Gasteiger charge is -2.26. The predicted molar refractivity (Wildman–Crippen MR) is 183 cm³/mol. The molecule has 0 aromatic rings. The van der Waals surface area contributed by atoms with Crippen molar-refractivity contribution < 1.29 is 38.0 Å². The number of hydrogen-bond donors (Lipinski definition) is 0. The van der Waals surface area contributed by atoms with Gasteiger partial charge in [-0.2, -0.15) is 0 Å². The van der Waals surface area contributed by atoms with Crippen LogP contribution in [-0.4, -0.2) is 62.1 Å². The highest BCUT2D eigenvalue weighted by atomic mass is 16.8. The summed E-state index contributed by atoms with van der Waals surface area (Å²) in [5, 5.41) is 0. The van der Waals surface area contributed by atoms with Gasteiger partial charge in [-0.15, -0.1) is 0 Å². The van der Waals surface area contributed by atoms with Crippen LogP contribution in [0.25, 0.3) is 0 Å². The minimum Gasteiger partial charge on any atom is -0.430 e. The van der Waals surface area contributed by atoms with Crippen LogP contribution in [0.1, 0.15) is 170 Å². The maximum atomic E-state index is 11.1. The molecule has 2 fully saturated rings. The lowest BCUT2D eigenvalue weighted by Crippen LogP contribution is -2.26. The summed E-state index contributed by atoms with van der Waals surface area (Å²) in [4.78, 5) is 22.2. The Balaban J connectivity index is 1.28. The third kappa shape index (κ3) is 19.3. The Labute approximate surface area is 281 Å². The summed E-state index contributed by atoms with van der Waals surface area (Å²) < 4.78 is 32.6. The monoisotopic (exact) mass is 655 g/mol. The highest BCUT2D eigenvalue weighted by Gasteiger charge is 2.31. The molecule has 4 atom stereocenters. The van der Waals surface area contributed by atoms with Gasteiger partial charge in [-0.05, 0) is 78.1 Å². The molecule has 2 heterocycles. The minimum atomic E-state index is -0.528. The first-order chi connectivity index (χ1) is 22.0. The Morgan fingerprint density at radius 2 is 0.848 bits per heavy atom. The molecular formula is C38H70O8. The van der Waals surface area contributed by atoms with Crippen LogP contribution in [0.15, 0.2) is 0 Å². The standard InChI is InChI=1S/C38H70O8/c1-31(33-29-41-35(39)45-33)23-21-25-37(3,4)43-27-19-17-15-13-11-9-7-8-10-12-14-16-18-20-28-44-38(5,6)26-22-24-32(2)34-30-42-36(40)46-34/h31-34H,7-30H2,1-6H3. The second kappa shape index (κ2) is 22.9. The first kappa shape index (κ1) is 40.6. The molecule has 8 heteroatoms. The van der Waals surface area contributed by atoms with E-state index in [1.165, 1.54) is 77.0 Å². The van der Waals surface area contributed by atoms with Gasteiger partial charge in [-0.3, -0.25) is 0 Å². The number of unbranched alkanes of at least 4 members (excludes halogenated alkanes) is 13. The number of cyclic esters (lactones) is 4. The third-order valence-corrected chi connectivity index (χ3v) is 9.90. The van der Waals surface area contributed by atoms with Gasteiger partial charge in [0.2, 0.25) is 0 Å². The van der Waals surface area contributed by atoms with Crippen molar-refractivity contribution in [2.75, 3.05) is 26.4 Å². The summed E-state index contributed by atoms with van der Waals surface area (Å²) in [5.74, 6) is 0.647. The van der Waals surface area contributed by atoms with E-state index in [0.29, 0.717) is 25.0 Å². The molecule has 0 radical (unpaired) electrons. The van der Waals surface area contributed by atoms with Gasteiger partial charge in [0.05, 0.1) is 11.2 Å². The molecule has 4 unspecified atom stereocenters. The molecule has 0 aromatic heterocycles. The molecule has 2 saturated heterocycles. The fraction of sp³-hybridized carbons (Fsp3) is 0.947. The maximum absolute atomic E-state index is 11.1. The Kier molecular flexibility index (Phi) is 20.3. The smallest absolute Gasteiger partial charge is 0.430 e. The van der Waals surface area contributed by atoms with Crippen molar-refractivity contribution in [2.24, 2.45) is 11.8 Å². The second-order valence-corrected chi connectivity index (χ2v) is 15.3. The van der Waals surface area contributed by atoms with Gasteiger partial charge >= 0.3 is 12.3 Å². The van der Waals surface area contributed by atoms with Gasteiger partial charge in [0.1, 0.15) is 25.4 Å². The quantitative estimate of drug-likeness (QED) is 0.0581. The van der Waals surface area contributed by atoms with Crippen LogP contribution in [0, 0.1) is 11.8 Å². The molecule has 2 rings (SSSR count). The van der Waals surface area contributed by atoms with Crippen LogP contribution in [0.3, 0.4) is 0 Å². The SMILES string of the molecule is CC(CCCC(C)(C)OCCCCCCCCCCCCCCCCOC(C)(C)CCCC(C)C1COC(=O)O1)C1COC(=O)O1. The van der Waals surface area contributed by atoms with E-state index in [0.717, 1.165) is 64.6 Å². The molecule has 270 valence electrons. The van der Waals surface area contributed by atoms with Crippen molar-refractivity contribution in [3.8, 4) is 0 Å². The van der Waals surface area contributed by atoms with Crippen molar-refractivity contribution in [1.29, 1.82) is 0 Å². The zero-order chi connectivity index (χ0) is 33.7. The van der Waals surface area contributed by atoms with E-state index in [2.05, 4.69) is 41.5 Å². The first-order valence-corrected chi connectivity index (χ1v) is 18.9. The molecular weight excluding hydrogens is 584 g/mol. The van der Waals surface area contributed by atoms with E-state index in [9.17, 15) is 9.59 Å². The van der Waals surface area contributed by atoms with E-state index in [1.807, 2.05) is 0 Å². The molecule has 0 aliphatic carbocycles. The molecule has 0 N–H and O–H groups in total. The number of hydrogen-bond acceptors (Lipinski definition) is 8. The molecule has 46 heavy (non-hydrogen) atoms. The highest BCUT2D eigenvalue weighted by molar-refractivity contribution is 5.62. The number of ether oxygens (including phenoxy) is 6. The van der Waals surface area contributed by atoms with Crippen molar-refractivity contribution in [3.05, 3.63) is 0 Å². The molecule has 8 nitrogen and oxygen atoms in total. The van der Waals surface area contributed by atoms with Crippen molar-refractivity contribution in [3.63, 3.8) is 0 Å². The summed E-state index contributed by atoms with van der Waals surface area (Å²) >= 11 is 0. The van der Waals surface area contributed by atoms with Crippen molar-refractivity contribution in [2.45, 2.75) is 193 Å². The van der Waals surface area contributed by atoms with Crippen molar-refractivity contribution >= 4 is 12.3 Å². The van der Waals surface area contributed by atoms with E-state index in [-0.39, 0.29) is 23.4 Å². The second-order valence-electron chi connectivity index (χ2n) is 15.3. The van der Waals surface area contributed by atoms with Gasteiger partial charge < -0.3 is 28.4 Å². The fourth-order valence-corrected chi connectivity index (χ4v) is 6.48. The Morgan fingerprint density at radius 3 is 1.13 bits per heavy atom. The lowest BCUT2D eigenvalue weighted by molar-refractivity contribution is -0.0282. The zero-order valence-electron chi connectivity index (χ0n) is 30.5. The Morgan fingerprint density at radius 1 is 0.543 bits per heavy atom. The third-order valence-electron chi connectivity index (χ3n) is 9.90. The number of carbonyl (C=O) groups is 2. The van der Waals surface area contributed by atoms with Crippen LogP contribution in [0.4, 0.5) is 9.59 Å². The number of rotatable bonds is 29. The average Bonchev–Trinajstić information content (AvgIpc) is 3.64. The summed E-state index contributed by atoms with van der Waals surface area (Å²) in [5.41, 5.74) is -0.192. The lowest BCUT2D eigenvalue weighted by atomic mass is 9.94. The van der Waals surface area contributed by atoms with Crippen molar-refractivity contribution in [1.82, 2.24) is 0 Å². The van der Waals surface area contributed by atoms with Crippen LogP contribution in [-0.2, 0) is 28.4 Å². The molecule has 0 aromatic carbocycles. The number of carbonyl (C=O) groups excluding carboxylic acids is 2. The first-order valence-electron chi connectivity index (χ1n) is 18.9. The van der Waals surface area contributed by atoms with Crippen LogP contribution in [0.5, 0.6) is 0 Å². The topological polar surface area (TPSA) is 89.5 Å². The van der Waals surface area contributed by atoms with Gasteiger partial charge in [0.25, 0.3) is 0 Å². The van der Waals surface area contributed by atoms with Gasteiger partial charge in [-0.25, -0.2) is 9.59 Å². The van der Waals surface area contributed by atoms with Crippen LogP contribution in [0.2, 0.25) is 0 Å². The maximum Gasteiger partial charge on any atom is 0.508 e. The summed E-state index contributed by atoms with van der Waals surface area (Å²) in [7, 11) is 0. The largest absolute Gasteiger partial charge is 0.508 e. The van der Waals surface area contributed by atoms with Crippen LogP contribution < -0.4 is 0 Å². The van der Waals surface area contributed by atoms with Crippen LogP contribution >= 0.6 is 0 Å². The average molecular weight is 655 g/mol. The van der Waals surface area contributed by atoms with E-state index in [1.54, 1.807) is 0 Å². The summed E-state index contributed by atoms with van der Waals surface area (Å²) in [6.45, 7) is 15.5. The summed E-state index contributed by atoms with van der Waals surface area (Å²) in [6.07, 6.45) is 23.4. The van der Waals surface area contributed by atoms with Gasteiger partial charge in [0.15, 0.2) is 0 Å². The fourth-order valence-electron chi connectivity index (χ4n) is 6.48. The molecule has 2 aliphatic rings. The normalized spacial score (nSPS) is 19.9. The van der Waals surface area contributed by atoms with E-state index in [4.69, 9.17) is 28.4 Å². The predicted octanol–water partition coefficient (Wildman–Crippen LogP) is 10.7. The zero-order valence-corrected chi connectivity index (χ0v) is 30.5. The summed E-state index contributed by atoms with van der Waals surface area (Å²) in [6, 6.07) is 0. The molecule has 0 saturated carbocycles. The highest BCUT2D eigenvalue weighted by Crippen LogP contribution is 2.26. The van der Waals surface area contributed by atoms with Gasteiger partial charge in [-0.1, -0.05) is 104 Å².